The first kappa shape index (κ1) is 19.4. The molecule has 2 aliphatic heterocycles. The molecule has 1 saturated heterocycles. The van der Waals surface area contributed by atoms with Crippen LogP contribution in [0.15, 0.2) is 47.8 Å². The van der Waals surface area contributed by atoms with Crippen LogP contribution in [0, 0.1) is 0 Å². The molecule has 5 nitrogen and oxygen atoms in total. The van der Waals surface area contributed by atoms with E-state index in [4.69, 9.17) is 4.74 Å². The number of nitrogens with zero attached hydrogens (tertiary/aromatic N) is 2. The van der Waals surface area contributed by atoms with E-state index in [9.17, 15) is 4.79 Å². The summed E-state index contributed by atoms with van der Waals surface area (Å²) in [5.41, 5.74) is 3.41. The van der Waals surface area contributed by atoms with Gasteiger partial charge in [0.15, 0.2) is 0 Å². The van der Waals surface area contributed by atoms with Crippen LogP contribution >= 0.6 is 11.3 Å². The van der Waals surface area contributed by atoms with Crippen LogP contribution in [0.1, 0.15) is 18.4 Å². The van der Waals surface area contributed by atoms with Gasteiger partial charge in [-0.25, -0.2) is 0 Å². The predicted octanol–water partition coefficient (Wildman–Crippen LogP) is 4.38. The van der Waals surface area contributed by atoms with Gasteiger partial charge < -0.3 is 15.0 Å². The largest absolute Gasteiger partial charge is 0.493 e. The number of carbonyl (C=O) groups excluding carboxylic acids is 1. The maximum Gasteiger partial charge on any atom is 0.224 e. The van der Waals surface area contributed by atoms with Crippen molar-refractivity contribution in [3.05, 3.63) is 53.4 Å². The number of ether oxygens (including phenoxy) is 1. The molecule has 1 N–H and O–H groups in total. The van der Waals surface area contributed by atoms with Crippen LogP contribution in [0.2, 0.25) is 0 Å². The van der Waals surface area contributed by atoms with Crippen molar-refractivity contribution in [2.45, 2.75) is 19.3 Å². The van der Waals surface area contributed by atoms with E-state index < -0.39 is 0 Å². The second-order valence-corrected chi connectivity index (χ2v) is 8.92. The van der Waals surface area contributed by atoms with E-state index in [1.54, 1.807) is 0 Å². The topological polar surface area (TPSA) is 44.8 Å². The Kier molecular flexibility index (Phi) is 5.60. The molecular formula is C24H27N3O2S. The first-order valence-electron chi connectivity index (χ1n) is 10.8. The summed E-state index contributed by atoms with van der Waals surface area (Å²) in [5, 5.41) is 6.50. The van der Waals surface area contributed by atoms with Crippen molar-refractivity contribution in [3.63, 3.8) is 0 Å². The van der Waals surface area contributed by atoms with Gasteiger partial charge in [-0.1, -0.05) is 12.1 Å². The molecule has 5 rings (SSSR count). The molecule has 1 fully saturated rings. The van der Waals surface area contributed by atoms with Crippen molar-refractivity contribution in [2.24, 2.45) is 0 Å². The van der Waals surface area contributed by atoms with Crippen LogP contribution in [0.5, 0.6) is 5.75 Å². The van der Waals surface area contributed by atoms with Gasteiger partial charge in [-0.2, -0.15) is 0 Å². The van der Waals surface area contributed by atoms with Crippen LogP contribution in [-0.4, -0.2) is 50.1 Å². The Morgan fingerprint density at radius 2 is 1.87 bits per heavy atom. The first-order valence-corrected chi connectivity index (χ1v) is 11.6. The predicted molar refractivity (Wildman–Crippen MR) is 124 cm³/mol. The molecule has 0 aliphatic carbocycles. The summed E-state index contributed by atoms with van der Waals surface area (Å²) in [7, 11) is 0. The number of nitrogens with one attached hydrogen (secondary N) is 1. The van der Waals surface area contributed by atoms with E-state index in [0.29, 0.717) is 13.0 Å². The molecule has 0 radical (unpaired) electrons. The number of hydrogen-bond donors (Lipinski definition) is 1. The van der Waals surface area contributed by atoms with Gasteiger partial charge in [0.1, 0.15) is 5.75 Å². The molecule has 0 atom stereocenters. The highest BCUT2D eigenvalue weighted by molar-refractivity contribution is 7.17. The SMILES string of the molecule is O=C1CCc2c(cccc2OCCCN2CCN(c3cccc4sccc34)CC2)N1. The maximum atomic E-state index is 11.6. The van der Waals surface area contributed by atoms with Crippen LogP contribution in [-0.2, 0) is 11.2 Å². The smallest absolute Gasteiger partial charge is 0.224 e. The quantitative estimate of drug-likeness (QED) is 0.600. The zero-order valence-electron chi connectivity index (χ0n) is 17.1. The summed E-state index contributed by atoms with van der Waals surface area (Å²) < 4.78 is 7.44. The second-order valence-electron chi connectivity index (χ2n) is 7.97. The zero-order valence-corrected chi connectivity index (χ0v) is 17.9. The summed E-state index contributed by atoms with van der Waals surface area (Å²) in [6, 6.07) is 14.8. The number of hydrogen-bond acceptors (Lipinski definition) is 5. The molecule has 0 spiro atoms. The Labute approximate surface area is 181 Å². The van der Waals surface area contributed by atoms with Gasteiger partial charge in [0, 0.05) is 66.2 Å². The van der Waals surface area contributed by atoms with Crippen LogP contribution in [0.4, 0.5) is 11.4 Å². The Morgan fingerprint density at radius 1 is 1.00 bits per heavy atom. The van der Waals surface area contributed by atoms with Crippen molar-refractivity contribution >= 4 is 38.7 Å². The monoisotopic (exact) mass is 421 g/mol. The minimum atomic E-state index is 0.0917. The number of thiophene rings is 1. The summed E-state index contributed by atoms with van der Waals surface area (Å²) in [6.07, 6.45) is 2.31. The summed E-state index contributed by atoms with van der Waals surface area (Å²) in [5.74, 6) is 1.01. The van der Waals surface area contributed by atoms with Gasteiger partial charge in [-0.3, -0.25) is 9.69 Å². The van der Waals surface area contributed by atoms with Crippen molar-refractivity contribution in [2.75, 3.05) is 49.5 Å². The number of piperazine rings is 1. The van der Waals surface area contributed by atoms with Crippen LogP contribution in [0.25, 0.3) is 10.1 Å². The van der Waals surface area contributed by atoms with E-state index in [2.05, 4.69) is 44.8 Å². The normalized spacial score (nSPS) is 17.1. The lowest BCUT2D eigenvalue weighted by atomic mass is 10.0. The number of anilines is 2. The summed E-state index contributed by atoms with van der Waals surface area (Å²) in [4.78, 5) is 16.6. The first-order chi connectivity index (χ1) is 14.8. The molecule has 30 heavy (non-hydrogen) atoms. The van der Waals surface area contributed by atoms with E-state index in [1.807, 2.05) is 29.5 Å². The fourth-order valence-corrected chi connectivity index (χ4v) is 5.27. The molecule has 0 bridgehead atoms. The minimum Gasteiger partial charge on any atom is -0.493 e. The average Bonchev–Trinajstić information content (AvgIpc) is 3.26. The van der Waals surface area contributed by atoms with Gasteiger partial charge in [-0.15, -0.1) is 11.3 Å². The molecule has 1 aromatic heterocycles. The van der Waals surface area contributed by atoms with Gasteiger partial charge >= 0.3 is 0 Å². The van der Waals surface area contributed by atoms with Gasteiger partial charge in [0.05, 0.1) is 6.61 Å². The van der Waals surface area contributed by atoms with Crippen molar-refractivity contribution in [3.8, 4) is 5.75 Å². The minimum absolute atomic E-state index is 0.0917. The fraction of sp³-hybridized carbons (Fsp3) is 0.375. The molecule has 2 aromatic carbocycles. The van der Waals surface area contributed by atoms with E-state index in [-0.39, 0.29) is 5.91 Å². The Bertz CT molecular complexity index is 1040. The number of amides is 1. The molecule has 3 aromatic rings. The van der Waals surface area contributed by atoms with Gasteiger partial charge in [0.25, 0.3) is 0 Å². The lowest BCUT2D eigenvalue weighted by Gasteiger charge is -2.36. The molecule has 0 saturated carbocycles. The third-order valence-electron chi connectivity index (χ3n) is 6.07. The maximum absolute atomic E-state index is 11.6. The number of carbonyl (C=O) groups is 1. The standard InChI is InChI=1S/C24H27N3O2S/c28-24-9-8-18-20(25-24)4-1-6-22(18)29-16-3-11-26-12-14-27(15-13-26)21-5-2-7-23-19(21)10-17-30-23/h1-2,4-7,10,17H,3,8-9,11-16H2,(H,25,28). The van der Waals surface area contributed by atoms with Gasteiger partial charge in [0.2, 0.25) is 5.91 Å². The molecule has 0 unspecified atom stereocenters. The highest BCUT2D eigenvalue weighted by atomic mass is 32.1. The molecule has 1 amide bonds. The summed E-state index contributed by atoms with van der Waals surface area (Å²) >= 11 is 1.81. The van der Waals surface area contributed by atoms with E-state index in [1.165, 1.54) is 15.8 Å². The Hall–Kier alpha value is -2.57. The lowest BCUT2D eigenvalue weighted by Crippen LogP contribution is -2.46. The van der Waals surface area contributed by atoms with Crippen molar-refractivity contribution in [1.29, 1.82) is 0 Å². The number of benzene rings is 2. The van der Waals surface area contributed by atoms with Crippen LogP contribution in [0.3, 0.4) is 0 Å². The lowest BCUT2D eigenvalue weighted by molar-refractivity contribution is -0.116. The highest BCUT2D eigenvalue weighted by Gasteiger charge is 2.20. The fourth-order valence-electron chi connectivity index (χ4n) is 4.46. The second kappa shape index (κ2) is 8.66. The van der Waals surface area contributed by atoms with Crippen molar-refractivity contribution in [1.82, 2.24) is 4.90 Å². The Morgan fingerprint density at radius 3 is 2.77 bits per heavy atom. The third kappa shape index (κ3) is 4.02. The highest BCUT2D eigenvalue weighted by Crippen LogP contribution is 2.32. The number of fused-ring (bicyclic) bond motifs is 2. The van der Waals surface area contributed by atoms with E-state index in [0.717, 1.165) is 62.6 Å². The average molecular weight is 422 g/mol. The molecule has 2 aliphatic rings. The zero-order chi connectivity index (χ0) is 20.3. The molecule has 3 heterocycles. The molecule has 156 valence electrons. The molecular weight excluding hydrogens is 394 g/mol. The number of rotatable bonds is 6. The molecule has 6 heteroatoms. The van der Waals surface area contributed by atoms with Gasteiger partial charge in [-0.05, 0) is 48.6 Å². The van der Waals surface area contributed by atoms with E-state index >= 15 is 0 Å². The van der Waals surface area contributed by atoms with Crippen LogP contribution < -0.4 is 15.0 Å². The van der Waals surface area contributed by atoms with Crippen molar-refractivity contribution < 1.29 is 9.53 Å². The summed E-state index contributed by atoms with van der Waals surface area (Å²) in [6.45, 7) is 6.09. The Balaban J connectivity index is 1.10. The third-order valence-corrected chi connectivity index (χ3v) is 6.95.